The minimum Gasteiger partial charge on any atom is -0.345 e. The van der Waals surface area contributed by atoms with E-state index >= 15 is 0 Å². The zero-order valence-corrected chi connectivity index (χ0v) is 17.4. The number of rotatable bonds is 5. The molecule has 0 bridgehead atoms. The largest absolute Gasteiger partial charge is 0.345 e. The molecule has 0 aromatic heterocycles. The highest BCUT2D eigenvalue weighted by molar-refractivity contribution is 5.91. The molecule has 28 heavy (non-hydrogen) atoms. The van der Waals surface area contributed by atoms with Gasteiger partial charge in [0.2, 0.25) is 0 Å². The molecule has 0 saturated carbocycles. The lowest BCUT2D eigenvalue weighted by atomic mass is 9.72. The molecular formula is C25H28FNO. The van der Waals surface area contributed by atoms with E-state index in [4.69, 9.17) is 0 Å². The molecular weight excluding hydrogens is 349 g/mol. The fourth-order valence-electron chi connectivity index (χ4n) is 4.49. The maximum atomic E-state index is 14.6. The molecule has 3 heteroatoms. The van der Waals surface area contributed by atoms with Gasteiger partial charge in [0.05, 0.1) is 11.1 Å². The molecule has 0 spiro atoms. The summed E-state index contributed by atoms with van der Waals surface area (Å²) in [5.41, 5.74) is 6.12. The van der Waals surface area contributed by atoms with Crippen molar-refractivity contribution in [1.29, 1.82) is 0 Å². The summed E-state index contributed by atoms with van der Waals surface area (Å²) in [7, 11) is 1.88. The monoisotopic (exact) mass is 377 g/mol. The summed E-state index contributed by atoms with van der Waals surface area (Å²) in [5, 5.41) is 0. The van der Waals surface area contributed by atoms with E-state index in [-0.39, 0.29) is 11.6 Å². The van der Waals surface area contributed by atoms with Gasteiger partial charge in [0.25, 0.3) is 0 Å². The Labute approximate surface area is 167 Å². The fraction of sp³-hybridized carbons (Fsp3) is 0.320. The van der Waals surface area contributed by atoms with E-state index < -0.39 is 5.41 Å². The van der Waals surface area contributed by atoms with Crippen LogP contribution in [0.2, 0.25) is 0 Å². The molecule has 0 N–H and O–H groups in total. The molecule has 0 unspecified atom stereocenters. The number of ketones is 1. The van der Waals surface area contributed by atoms with Crippen LogP contribution >= 0.6 is 0 Å². The number of carbonyl (C=O) groups is 1. The number of carbonyl (C=O) groups excluding carboxylic acids is 1. The van der Waals surface area contributed by atoms with Gasteiger partial charge in [0.1, 0.15) is 11.6 Å². The highest BCUT2D eigenvalue weighted by Gasteiger charge is 2.45. The number of halogens is 1. The number of benzene rings is 2. The molecule has 2 nitrogen and oxygen atoms in total. The Morgan fingerprint density at radius 1 is 1.11 bits per heavy atom. The third kappa shape index (κ3) is 3.09. The minimum atomic E-state index is -0.637. The van der Waals surface area contributed by atoms with E-state index in [0.29, 0.717) is 18.5 Å². The van der Waals surface area contributed by atoms with Crippen LogP contribution in [-0.2, 0) is 10.2 Å². The van der Waals surface area contributed by atoms with Crippen molar-refractivity contribution >= 4 is 11.5 Å². The summed E-state index contributed by atoms with van der Waals surface area (Å²) in [6, 6.07) is 11.2. The number of hydrogen-bond acceptors (Lipinski definition) is 2. The smallest absolute Gasteiger partial charge is 0.147 e. The molecule has 2 aromatic rings. The van der Waals surface area contributed by atoms with Crippen LogP contribution in [0.25, 0.3) is 0 Å². The Bertz CT molecular complexity index is 968. The molecule has 3 rings (SSSR count). The van der Waals surface area contributed by atoms with Crippen molar-refractivity contribution in [2.45, 2.75) is 46.0 Å². The number of Topliss-reactive ketones (excluding diaryl/α,β-unsaturated/α-hetero) is 1. The standard InChI is InChI=1S/C25H28FNO/c1-7-20-14-25(19(5)28,21-12-8-10-16(2)18(21)4)15-23(20)27(6)24-17(3)11-9-13-22(24)26/h7-13H,1,14-15H2,2-6H3/t25-/m1/s1. The maximum absolute atomic E-state index is 14.6. The number of aryl methyl sites for hydroxylation is 2. The Morgan fingerprint density at radius 3 is 2.36 bits per heavy atom. The first-order valence-corrected chi connectivity index (χ1v) is 9.64. The van der Waals surface area contributed by atoms with Crippen molar-refractivity contribution in [2.75, 3.05) is 11.9 Å². The molecule has 0 saturated heterocycles. The molecule has 2 aromatic carbocycles. The molecule has 0 fully saturated rings. The van der Waals surface area contributed by atoms with Gasteiger partial charge in [0.15, 0.2) is 0 Å². The van der Waals surface area contributed by atoms with Crippen LogP contribution in [0.1, 0.15) is 42.0 Å². The highest BCUT2D eigenvalue weighted by atomic mass is 19.1. The van der Waals surface area contributed by atoms with Crippen molar-refractivity contribution in [3.63, 3.8) is 0 Å². The van der Waals surface area contributed by atoms with E-state index in [1.54, 1.807) is 13.0 Å². The molecule has 1 aliphatic carbocycles. The Kier molecular flexibility index (Phi) is 5.29. The molecule has 1 atom stereocenters. The summed E-state index contributed by atoms with van der Waals surface area (Å²) in [5.74, 6) is -0.125. The normalized spacial score (nSPS) is 19.1. The lowest BCUT2D eigenvalue weighted by Gasteiger charge is -2.31. The third-order valence-electron chi connectivity index (χ3n) is 6.30. The third-order valence-corrected chi connectivity index (χ3v) is 6.30. The van der Waals surface area contributed by atoms with Crippen LogP contribution in [0.4, 0.5) is 10.1 Å². The number of allylic oxidation sites excluding steroid dienone is 3. The van der Waals surface area contributed by atoms with Crippen LogP contribution in [-0.4, -0.2) is 12.8 Å². The van der Waals surface area contributed by atoms with Crippen LogP contribution in [0.5, 0.6) is 0 Å². The summed E-state index contributed by atoms with van der Waals surface area (Å²) in [6.07, 6.45) is 2.94. The van der Waals surface area contributed by atoms with Gasteiger partial charge in [-0.1, -0.05) is 43.0 Å². The second kappa shape index (κ2) is 7.38. The topological polar surface area (TPSA) is 20.3 Å². The van der Waals surface area contributed by atoms with Crippen LogP contribution in [0, 0.1) is 26.6 Å². The number of nitrogens with zero attached hydrogens (tertiary/aromatic N) is 1. The molecule has 1 aliphatic rings. The SMILES string of the molecule is C=CC1=C(N(C)c2c(C)cccc2F)C[C@](C(C)=O)(c2cccc(C)c2C)C1. The first kappa shape index (κ1) is 20.1. The van der Waals surface area contributed by atoms with Gasteiger partial charge >= 0.3 is 0 Å². The van der Waals surface area contributed by atoms with Gasteiger partial charge in [-0.3, -0.25) is 4.79 Å². The van der Waals surface area contributed by atoms with Crippen LogP contribution in [0.3, 0.4) is 0 Å². The van der Waals surface area contributed by atoms with Crippen molar-refractivity contribution in [3.8, 4) is 0 Å². The second-order valence-corrected chi connectivity index (χ2v) is 7.88. The van der Waals surface area contributed by atoms with Gasteiger partial charge < -0.3 is 4.90 Å². The first-order valence-electron chi connectivity index (χ1n) is 9.64. The van der Waals surface area contributed by atoms with E-state index in [1.807, 2.05) is 37.1 Å². The van der Waals surface area contributed by atoms with Gasteiger partial charge in [-0.2, -0.15) is 0 Å². The van der Waals surface area contributed by atoms with E-state index in [2.05, 4.69) is 32.6 Å². The molecule has 146 valence electrons. The fourth-order valence-corrected chi connectivity index (χ4v) is 4.49. The summed E-state index contributed by atoms with van der Waals surface area (Å²) in [4.78, 5) is 14.9. The Balaban J connectivity index is 2.13. The van der Waals surface area contributed by atoms with Crippen LogP contribution < -0.4 is 4.90 Å². The van der Waals surface area contributed by atoms with E-state index in [0.717, 1.165) is 28.0 Å². The summed E-state index contributed by atoms with van der Waals surface area (Å²) in [6.45, 7) is 11.7. The highest BCUT2D eigenvalue weighted by Crippen LogP contribution is 2.48. The maximum Gasteiger partial charge on any atom is 0.147 e. The first-order chi connectivity index (χ1) is 13.2. The van der Waals surface area contributed by atoms with Crippen molar-refractivity contribution in [1.82, 2.24) is 0 Å². The van der Waals surface area contributed by atoms with Crippen molar-refractivity contribution in [2.24, 2.45) is 0 Å². The lowest BCUT2D eigenvalue weighted by Crippen LogP contribution is -2.34. The lowest BCUT2D eigenvalue weighted by molar-refractivity contribution is -0.122. The summed E-state index contributed by atoms with van der Waals surface area (Å²) >= 11 is 0. The Hall–Kier alpha value is -2.68. The minimum absolute atomic E-state index is 0.134. The van der Waals surface area contributed by atoms with Gasteiger partial charge in [-0.05, 0) is 68.0 Å². The summed E-state index contributed by atoms with van der Waals surface area (Å²) < 4.78 is 14.6. The number of hydrogen-bond donors (Lipinski definition) is 0. The number of anilines is 1. The average molecular weight is 378 g/mol. The molecule has 0 heterocycles. The quantitative estimate of drug-likeness (QED) is 0.642. The average Bonchev–Trinajstić information content (AvgIpc) is 3.05. The van der Waals surface area contributed by atoms with Gasteiger partial charge in [-0.25, -0.2) is 4.39 Å². The van der Waals surface area contributed by atoms with E-state index in [9.17, 15) is 9.18 Å². The van der Waals surface area contributed by atoms with Gasteiger partial charge in [0, 0.05) is 19.2 Å². The molecule has 0 amide bonds. The number of para-hydroxylation sites is 1. The zero-order chi connectivity index (χ0) is 20.6. The predicted octanol–water partition coefficient (Wildman–Crippen LogP) is 5.95. The van der Waals surface area contributed by atoms with E-state index in [1.165, 1.54) is 11.6 Å². The zero-order valence-electron chi connectivity index (χ0n) is 17.4. The van der Waals surface area contributed by atoms with Crippen LogP contribution in [0.15, 0.2) is 60.3 Å². The van der Waals surface area contributed by atoms with Crippen molar-refractivity contribution in [3.05, 3.63) is 88.4 Å². The molecule has 0 radical (unpaired) electrons. The Morgan fingerprint density at radius 2 is 1.75 bits per heavy atom. The van der Waals surface area contributed by atoms with Crippen molar-refractivity contribution < 1.29 is 9.18 Å². The predicted molar refractivity (Wildman–Crippen MR) is 114 cm³/mol. The van der Waals surface area contributed by atoms with Gasteiger partial charge in [-0.15, -0.1) is 0 Å². The second-order valence-electron chi connectivity index (χ2n) is 7.88. The molecule has 0 aliphatic heterocycles.